The highest BCUT2D eigenvalue weighted by Crippen LogP contribution is 2.06. The number of Topliss-reactive ketones (excluding diaryl/α,β-unsaturated/α-hetero) is 1. The van der Waals surface area contributed by atoms with Gasteiger partial charge in [0.2, 0.25) is 0 Å². The van der Waals surface area contributed by atoms with Crippen molar-refractivity contribution in [2.45, 2.75) is 19.4 Å². The number of nitrogens with zero attached hydrogens (tertiary/aromatic N) is 1. The maximum absolute atomic E-state index is 11.1. The molecule has 0 spiro atoms. The maximum atomic E-state index is 11.1. The third-order valence-corrected chi connectivity index (χ3v) is 2.09. The molecule has 1 atom stereocenters. The first-order chi connectivity index (χ1) is 5.20. The zero-order valence-electron chi connectivity index (χ0n) is 6.28. The predicted octanol–water partition coefficient (Wildman–Crippen LogP) is 0.602. The summed E-state index contributed by atoms with van der Waals surface area (Å²) in [6.07, 6.45) is 2.11. The minimum atomic E-state index is -0.364. The van der Waals surface area contributed by atoms with E-state index in [9.17, 15) is 4.79 Å². The van der Waals surface area contributed by atoms with E-state index in [-0.39, 0.29) is 11.8 Å². The van der Waals surface area contributed by atoms with Crippen LogP contribution in [-0.2, 0) is 11.2 Å². The molecule has 0 aliphatic rings. The smallest absolute Gasteiger partial charge is 0.154 e. The predicted molar refractivity (Wildman–Crippen MR) is 44.5 cm³/mol. The Labute approximate surface area is 69.4 Å². The van der Waals surface area contributed by atoms with Crippen molar-refractivity contribution in [2.24, 2.45) is 5.73 Å². The van der Waals surface area contributed by atoms with Crippen LogP contribution in [0.5, 0.6) is 0 Å². The summed E-state index contributed by atoms with van der Waals surface area (Å²) in [6, 6.07) is 1.47. The first kappa shape index (κ1) is 8.36. The Morgan fingerprint density at radius 1 is 1.91 bits per heavy atom. The summed E-state index contributed by atoms with van der Waals surface area (Å²) in [5.74, 6) is 0.0641. The molecule has 1 aromatic heterocycles. The molecule has 1 aromatic rings. The summed E-state index contributed by atoms with van der Waals surface area (Å²) in [5.41, 5.74) is 5.39. The molecular formula is C7H10N2OS. The van der Waals surface area contributed by atoms with Gasteiger partial charge in [0.05, 0.1) is 6.04 Å². The van der Waals surface area contributed by atoms with Gasteiger partial charge in [-0.2, -0.15) is 0 Å². The molecule has 0 saturated heterocycles. The van der Waals surface area contributed by atoms with Crippen molar-refractivity contribution in [2.75, 3.05) is 0 Å². The van der Waals surface area contributed by atoms with Gasteiger partial charge in [-0.15, -0.1) is 0 Å². The molecule has 3 nitrogen and oxygen atoms in total. The summed E-state index contributed by atoms with van der Waals surface area (Å²) >= 11 is 1.34. The van der Waals surface area contributed by atoms with Crippen LogP contribution >= 0.6 is 11.5 Å². The van der Waals surface area contributed by atoms with Crippen LogP contribution in [0.4, 0.5) is 0 Å². The van der Waals surface area contributed by atoms with E-state index in [1.54, 1.807) is 13.1 Å². The Morgan fingerprint density at radius 3 is 3.09 bits per heavy atom. The fourth-order valence-corrected chi connectivity index (χ4v) is 1.25. The van der Waals surface area contributed by atoms with Gasteiger partial charge in [-0.25, -0.2) is 4.37 Å². The highest BCUT2D eigenvalue weighted by molar-refractivity contribution is 7.05. The minimum absolute atomic E-state index is 0.0641. The van der Waals surface area contributed by atoms with Crippen LogP contribution in [0.2, 0.25) is 0 Å². The SMILES string of the molecule is CC(N)C(=O)Cc1ccns1. The molecule has 4 heteroatoms. The number of aromatic nitrogens is 1. The standard InChI is InChI=1S/C7H10N2OS/c1-5(8)7(10)4-6-2-3-9-11-6/h2-3,5H,4,8H2,1H3. The quantitative estimate of drug-likeness (QED) is 0.722. The van der Waals surface area contributed by atoms with Gasteiger partial charge in [-0.3, -0.25) is 4.79 Å². The fourth-order valence-electron chi connectivity index (χ4n) is 0.666. The van der Waals surface area contributed by atoms with Crippen molar-refractivity contribution in [3.8, 4) is 0 Å². The average molecular weight is 170 g/mol. The topological polar surface area (TPSA) is 56.0 Å². The third kappa shape index (κ3) is 2.40. The fraction of sp³-hybridized carbons (Fsp3) is 0.429. The lowest BCUT2D eigenvalue weighted by atomic mass is 10.1. The number of carbonyl (C=O) groups is 1. The van der Waals surface area contributed by atoms with Crippen LogP contribution in [0.25, 0.3) is 0 Å². The molecule has 0 aromatic carbocycles. The Kier molecular flexibility index (Phi) is 2.73. The molecule has 0 fully saturated rings. The van der Waals surface area contributed by atoms with Crippen LogP contribution in [0.3, 0.4) is 0 Å². The molecule has 1 heterocycles. The minimum Gasteiger partial charge on any atom is -0.322 e. The van der Waals surface area contributed by atoms with Crippen LogP contribution < -0.4 is 5.73 Å². The molecule has 1 rings (SSSR count). The van der Waals surface area contributed by atoms with Gasteiger partial charge >= 0.3 is 0 Å². The molecule has 0 aliphatic carbocycles. The second kappa shape index (κ2) is 3.59. The van der Waals surface area contributed by atoms with E-state index in [4.69, 9.17) is 5.73 Å². The molecule has 0 amide bonds. The summed E-state index contributed by atoms with van der Waals surface area (Å²) in [7, 11) is 0. The van der Waals surface area contributed by atoms with Crippen LogP contribution in [-0.4, -0.2) is 16.2 Å². The van der Waals surface area contributed by atoms with Crippen molar-refractivity contribution >= 4 is 17.3 Å². The highest BCUT2D eigenvalue weighted by atomic mass is 32.1. The van der Waals surface area contributed by atoms with Crippen molar-refractivity contribution in [1.29, 1.82) is 0 Å². The van der Waals surface area contributed by atoms with Gasteiger partial charge in [-0.05, 0) is 24.5 Å². The second-order valence-electron chi connectivity index (χ2n) is 2.41. The summed E-state index contributed by atoms with van der Waals surface area (Å²) in [5, 5.41) is 0. The highest BCUT2D eigenvalue weighted by Gasteiger charge is 2.08. The van der Waals surface area contributed by atoms with E-state index in [0.717, 1.165) is 4.88 Å². The molecule has 0 bridgehead atoms. The Balaban J connectivity index is 2.50. The van der Waals surface area contributed by atoms with Gasteiger partial charge in [0.1, 0.15) is 0 Å². The molecule has 60 valence electrons. The number of hydrogen-bond donors (Lipinski definition) is 1. The largest absolute Gasteiger partial charge is 0.322 e. The van der Waals surface area contributed by atoms with Crippen LogP contribution in [0.1, 0.15) is 11.8 Å². The van der Waals surface area contributed by atoms with E-state index in [2.05, 4.69) is 4.37 Å². The van der Waals surface area contributed by atoms with Gasteiger partial charge in [0.25, 0.3) is 0 Å². The Bertz CT molecular complexity index is 231. The summed E-state index contributed by atoms with van der Waals surface area (Å²) in [4.78, 5) is 12.0. The normalized spacial score (nSPS) is 12.9. The van der Waals surface area contributed by atoms with Gasteiger partial charge in [0, 0.05) is 17.5 Å². The monoisotopic (exact) mass is 170 g/mol. The van der Waals surface area contributed by atoms with Crippen LogP contribution in [0.15, 0.2) is 12.3 Å². The van der Waals surface area contributed by atoms with E-state index in [1.165, 1.54) is 11.5 Å². The number of rotatable bonds is 3. The van der Waals surface area contributed by atoms with Crippen molar-refractivity contribution in [3.63, 3.8) is 0 Å². The molecule has 0 aliphatic heterocycles. The van der Waals surface area contributed by atoms with Crippen molar-refractivity contribution in [1.82, 2.24) is 4.37 Å². The number of carbonyl (C=O) groups excluding carboxylic acids is 1. The Morgan fingerprint density at radius 2 is 2.64 bits per heavy atom. The Hall–Kier alpha value is -0.740. The van der Waals surface area contributed by atoms with E-state index >= 15 is 0 Å². The van der Waals surface area contributed by atoms with Crippen LogP contribution in [0, 0.1) is 0 Å². The first-order valence-electron chi connectivity index (χ1n) is 3.38. The molecule has 11 heavy (non-hydrogen) atoms. The molecule has 0 radical (unpaired) electrons. The molecular weight excluding hydrogens is 160 g/mol. The van der Waals surface area contributed by atoms with E-state index < -0.39 is 0 Å². The van der Waals surface area contributed by atoms with Crippen molar-refractivity contribution in [3.05, 3.63) is 17.1 Å². The zero-order valence-corrected chi connectivity index (χ0v) is 7.10. The second-order valence-corrected chi connectivity index (χ2v) is 3.33. The lowest BCUT2D eigenvalue weighted by molar-refractivity contribution is -0.119. The van der Waals surface area contributed by atoms with Gasteiger partial charge in [-0.1, -0.05) is 0 Å². The molecule has 0 saturated carbocycles. The van der Waals surface area contributed by atoms with Gasteiger partial charge in [0.15, 0.2) is 5.78 Å². The lowest BCUT2D eigenvalue weighted by Gasteiger charge is -2.00. The van der Waals surface area contributed by atoms with Gasteiger partial charge < -0.3 is 5.73 Å². The maximum Gasteiger partial charge on any atom is 0.154 e. The first-order valence-corrected chi connectivity index (χ1v) is 4.15. The molecule has 2 N–H and O–H groups in total. The number of hydrogen-bond acceptors (Lipinski definition) is 4. The van der Waals surface area contributed by atoms with E-state index in [0.29, 0.717) is 6.42 Å². The summed E-state index contributed by atoms with van der Waals surface area (Å²) < 4.78 is 3.88. The number of ketones is 1. The number of nitrogens with two attached hydrogens (primary N) is 1. The van der Waals surface area contributed by atoms with Crippen molar-refractivity contribution < 1.29 is 4.79 Å². The molecule has 1 unspecified atom stereocenters. The summed E-state index contributed by atoms with van der Waals surface area (Å²) in [6.45, 7) is 1.70. The van der Waals surface area contributed by atoms with E-state index in [1.807, 2.05) is 6.07 Å². The third-order valence-electron chi connectivity index (χ3n) is 1.35. The lowest BCUT2D eigenvalue weighted by Crippen LogP contribution is -2.27. The average Bonchev–Trinajstić information content (AvgIpc) is 2.39. The zero-order chi connectivity index (χ0) is 8.27.